The van der Waals surface area contributed by atoms with Gasteiger partial charge >= 0.3 is 0 Å². The highest BCUT2D eigenvalue weighted by Crippen LogP contribution is 2.17. The number of nitrogens with zero attached hydrogens (tertiary/aromatic N) is 1. The fourth-order valence-corrected chi connectivity index (χ4v) is 1.93. The molecule has 1 heterocycles. The lowest BCUT2D eigenvalue weighted by atomic mass is 10.0. The van der Waals surface area contributed by atoms with Crippen molar-refractivity contribution >= 4 is 27.5 Å². The number of Topliss-reactive ketones (excluding diaryl/α,β-unsaturated/α-hetero) is 2. The van der Waals surface area contributed by atoms with Gasteiger partial charge in [-0.25, -0.2) is 4.39 Å². The Hall–Kier alpha value is -1.88. The number of carbonyl (C=O) groups excluding carboxylic acids is 2. The van der Waals surface area contributed by atoms with E-state index in [1.807, 2.05) is 0 Å². The molecule has 0 spiro atoms. The highest BCUT2D eigenvalue weighted by Gasteiger charge is 2.16. The maximum Gasteiger partial charge on any atom is 0.173 e. The Bertz CT molecular complexity index is 629. The van der Waals surface area contributed by atoms with Crippen LogP contribution in [-0.4, -0.2) is 16.6 Å². The lowest BCUT2D eigenvalue weighted by Crippen LogP contribution is -2.10. The van der Waals surface area contributed by atoms with Crippen molar-refractivity contribution in [2.45, 2.75) is 6.42 Å². The van der Waals surface area contributed by atoms with Gasteiger partial charge < -0.3 is 0 Å². The van der Waals surface area contributed by atoms with Crippen molar-refractivity contribution in [3.63, 3.8) is 0 Å². The molecule has 0 fully saturated rings. The predicted octanol–water partition coefficient (Wildman–Crippen LogP) is 3.44. The van der Waals surface area contributed by atoms with Crippen LogP contribution in [0.1, 0.15) is 27.1 Å². The van der Waals surface area contributed by atoms with Crippen molar-refractivity contribution in [2.75, 3.05) is 0 Å². The molecule has 0 aliphatic carbocycles. The van der Waals surface area contributed by atoms with Crippen LogP contribution in [0.15, 0.2) is 47.2 Å². The van der Waals surface area contributed by atoms with Crippen molar-refractivity contribution in [1.82, 2.24) is 4.98 Å². The average molecular weight is 322 g/mol. The van der Waals surface area contributed by atoms with E-state index in [4.69, 9.17) is 0 Å². The van der Waals surface area contributed by atoms with E-state index in [1.54, 1.807) is 6.07 Å². The Kier molecular flexibility index (Phi) is 4.16. The molecule has 0 amide bonds. The monoisotopic (exact) mass is 321 g/mol. The summed E-state index contributed by atoms with van der Waals surface area (Å²) < 4.78 is 14.1. The number of rotatable bonds is 4. The lowest BCUT2D eigenvalue weighted by molar-refractivity contribution is 0.0892. The van der Waals surface area contributed by atoms with Gasteiger partial charge in [0.15, 0.2) is 11.6 Å². The third-order valence-corrected chi connectivity index (χ3v) is 3.05. The fourth-order valence-electron chi connectivity index (χ4n) is 1.60. The van der Waals surface area contributed by atoms with E-state index in [2.05, 4.69) is 20.9 Å². The third kappa shape index (κ3) is 3.32. The number of pyridine rings is 1. The summed E-state index contributed by atoms with van der Waals surface area (Å²) in [5, 5.41) is 0. The minimum Gasteiger partial charge on any atom is -0.294 e. The van der Waals surface area contributed by atoms with E-state index in [0.717, 1.165) is 0 Å². The normalized spacial score (nSPS) is 10.2. The molecule has 0 N–H and O–H groups in total. The number of hydrogen-bond acceptors (Lipinski definition) is 3. The molecule has 2 aromatic rings. The maximum atomic E-state index is 13.6. The van der Waals surface area contributed by atoms with Gasteiger partial charge in [0.2, 0.25) is 0 Å². The Balaban J connectivity index is 2.15. The molecule has 0 saturated heterocycles. The molecule has 0 aliphatic heterocycles. The molecule has 0 unspecified atom stereocenters. The highest BCUT2D eigenvalue weighted by atomic mass is 79.9. The van der Waals surface area contributed by atoms with E-state index >= 15 is 0 Å². The first kappa shape index (κ1) is 13.5. The molecule has 0 saturated carbocycles. The summed E-state index contributed by atoms with van der Waals surface area (Å²) >= 11 is 3.11. The first-order chi connectivity index (χ1) is 9.08. The lowest BCUT2D eigenvalue weighted by Gasteiger charge is -2.03. The van der Waals surface area contributed by atoms with Gasteiger partial charge in [-0.05, 0) is 30.3 Å². The molecule has 1 aromatic carbocycles. The van der Waals surface area contributed by atoms with Gasteiger partial charge in [-0.3, -0.25) is 14.6 Å². The topological polar surface area (TPSA) is 47.0 Å². The van der Waals surface area contributed by atoms with Crippen LogP contribution < -0.4 is 0 Å². The van der Waals surface area contributed by atoms with E-state index in [-0.39, 0.29) is 17.8 Å². The zero-order chi connectivity index (χ0) is 13.8. The second-order valence-corrected chi connectivity index (χ2v) is 4.80. The van der Waals surface area contributed by atoms with E-state index < -0.39 is 11.6 Å². The first-order valence-corrected chi connectivity index (χ1v) is 6.28. The summed E-state index contributed by atoms with van der Waals surface area (Å²) in [7, 11) is 0. The molecule has 96 valence electrons. The van der Waals surface area contributed by atoms with Crippen LogP contribution in [0.4, 0.5) is 4.39 Å². The summed E-state index contributed by atoms with van der Waals surface area (Å²) in [6.45, 7) is 0. The van der Waals surface area contributed by atoms with Gasteiger partial charge in [-0.1, -0.05) is 15.9 Å². The Morgan fingerprint density at radius 1 is 1.11 bits per heavy atom. The van der Waals surface area contributed by atoms with Crippen molar-refractivity contribution in [2.24, 2.45) is 0 Å². The minimum atomic E-state index is -0.637. The SMILES string of the molecule is O=C(CC(=O)c1ccc(Br)cc1F)c1ccncc1. The average Bonchev–Trinajstić information content (AvgIpc) is 2.39. The molecule has 2 rings (SSSR count). The van der Waals surface area contributed by atoms with E-state index in [0.29, 0.717) is 10.0 Å². The first-order valence-electron chi connectivity index (χ1n) is 5.49. The summed E-state index contributed by atoms with van der Waals surface area (Å²) in [5.74, 6) is -1.52. The molecule has 0 bridgehead atoms. The van der Waals surface area contributed by atoms with Crippen molar-refractivity contribution in [3.05, 3.63) is 64.1 Å². The Morgan fingerprint density at radius 2 is 1.79 bits per heavy atom. The summed E-state index contributed by atoms with van der Waals surface area (Å²) in [6, 6.07) is 7.17. The second kappa shape index (κ2) is 5.84. The van der Waals surface area contributed by atoms with Crippen LogP contribution in [0.2, 0.25) is 0 Å². The van der Waals surface area contributed by atoms with Gasteiger partial charge in [-0.2, -0.15) is 0 Å². The van der Waals surface area contributed by atoms with E-state index in [1.165, 1.54) is 36.7 Å². The van der Waals surface area contributed by atoms with Gasteiger partial charge in [0.25, 0.3) is 0 Å². The largest absolute Gasteiger partial charge is 0.294 e. The minimum absolute atomic E-state index is 0.0781. The third-order valence-electron chi connectivity index (χ3n) is 2.55. The zero-order valence-corrected chi connectivity index (χ0v) is 11.4. The summed E-state index contributed by atoms with van der Waals surface area (Å²) in [5.41, 5.74) is 0.312. The molecular formula is C14H9BrFNO2. The number of aromatic nitrogens is 1. The zero-order valence-electron chi connectivity index (χ0n) is 9.77. The quantitative estimate of drug-likeness (QED) is 0.640. The number of benzene rings is 1. The highest BCUT2D eigenvalue weighted by molar-refractivity contribution is 9.10. The van der Waals surface area contributed by atoms with Gasteiger partial charge in [0.1, 0.15) is 5.82 Å². The Morgan fingerprint density at radius 3 is 2.42 bits per heavy atom. The molecule has 0 radical (unpaired) electrons. The van der Waals surface area contributed by atoms with Crippen LogP contribution in [0.3, 0.4) is 0 Å². The number of halogens is 2. The number of ketones is 2. The van der Waals surface area contributed by atoms with Crippen molar-refractivity contribution in [1.29, 1.82) is 0 Å². The molecule has 19 heavy (non-hydrogen) atoms. The Labute approximate surface area is 117 Å². The van der Waals surface area contributed by atoms with E-state index in [9.17, 15) is 14.0 Å². The standard InChI is InChI=1S/C14H9BrFNO2/c15-10-1-2-11(12(16)7-10)14(19)8-13(18)9-3-5-17-6-4-9/h1-7H,8H2. The number of carbonyl (C=O) groups is 2. The smallest absolute Gasteiger partial charge is 0.173 e. The summed E-state index contributed by atoms with van der Waals surface area (Å²) in [4.78, 5) is 27.5. The maximum absolute atomic E-state index is 13.6. The second-order valence-electron chi connectivity index (χ2n) is 3.88. The van der Waals surface area contributed by atoms with Crippen LogP contribution >= 0.6 is 15.9 Å². The molecule has 5 heteroatoms. The van der Waals surface area contributed by atoms with Gasteiger partial charge in [-0.15, -0.1) is 0 Å². The fraction of sp³-hybridized carbons (Fsp3) is 0.0714. The van der Waals surface area contributed by atoms with Gasteiger partial charge in [0.05, 0.1) is 12.0 Å². The molecule has 0 atom stereocenters. The molecule has 3 nitrogen and oxygen atoms in total. The predicted molar refractivity (Wildman–Crippen MR) is 71.6 cm³/mol. The van der Waals surface area contributed by atoms with Crippen LogP contribution in [0.25, 0.3) is 0 Å². The van der Waals surface area contributed by atoms with Crippen LogP contribution in [-0.2, 0) is 0 Å². The molecule has 0 aliphatic rings. The number of hydrogen-bond donors (Lipinski definition) is 0. The summed E-state index contributed by atoms with van der Waals surface area (Å²) in [6.07, 6.45) is 2.58. The van der Waals surface area contributed by atoms with Crippen molar-refractivity contribution < 1.29 is 14.0 Å². The van der Waals surface area contributed by atoms with Crippen molar-refractivity contribution in [3.8, 4) is 0 Å². The van der Waals surface area contributed by atoms with Crippen LogP contribution in [0, 0.1) is 5.82 Å². The van der Waals surface area contributed by atoms with Crippen LogP contribution in [0.5, 0.6) is 0 Å². The van der Waals surface area contributed by atoms with Gasteiger partial charge in [0, 0.05) is 22.4 Å². The molecular weight excluding hydrogens is 313 g/mol. The molecule has 1 aromatic heterocycles.